The van der Waals surface area contributed by atoms with Crippen LogP contribution >= 0.6 is 23.1 Å². The summed E-state index contributed by atoms with van der Waals surface area (Å²) in [5, 5.41) is 23.9. The Morgan fingerprint density at radius 3 is 2.54 bits per heavy atom. The number of amides is 2. The lowest BCUT2D eigenvalue weighted by Crippen LogP contribution is -2.13. The summed E-state index contributed by atoms with van der Waals surface area (Å²) < 4.78 is 0.556. The minimum absolute atomic E-state index is 0.0436. The highest BCUT2D eigenvalue weighted by atomic mass is 32.2. The molecule has 2 amide bonds. The fourth-order valence-electron chi connectivity index (χ4n) is 1.52. The molecule has 24 heavy (non-hydrogen) atoms. The van der Waals surface area contributed by atoms with Crippen LogP contribution in [-0.4, -0.2) is 32.7 Å². The average Bonchev–Trinajstić information content (AvgIpc) is 3.00. The largest absolute Gasteiger partial charge is 0.325 e. The van der Waals surface area contributed by atoms with E-state index in [2.05, 4.69) is 20.8 Å². The average molecular weight is 367 g/mol. The summed E-state index contributed by atoms with van der Waals surface area (Å²) in [6.07, 6.45) is 0.347. The van der Waals surface area contributed by atoms with E-state index in [1.165, 1.54) is 47.4 Å². The van der Waals surface area contributed by atoms with E-state index >= 15 is 0 Å². The third-order valence-corrected chi connectivity index (χ3v) is 4.63. The lowest BCUT2D eigenvalue weighted by atomic mass is 10.3. The lowest BCUT2D eigenvalue weighted by Gasteiger charge is -2.03. The highest BCUT2D eigenvalue weighted by Gasteiger charge is 2.10. The Labute approximate surface area is 145 Å². The summed E-state index contributed by atoms with van der Waals surface area (Å²) >= 11 is 2.37. The molecule has 0 aliphatic heterocycles. The third-order valence-electron chi connectivity index (χ3n) is 2.66. The van der Waals surface area contributed by atoms with E-state index in [-0.39, 0.29) is 23.3 Å². The van der Waals surface area contributed by atoms with Crippen molar-refractivity contribution in [2.24, 2.45) is 0 Å². The van der Waals surface area contributed by atoms with Crippen LogP contribution in [0, 0.1) is 10.1 Å². The van der Waals surface area contributed by atoms with Crippen LogP contribution in [-0.2, 0) is 9.59 Å². The third kappa shape index (κ3) is 5.28. The minimum atomic E-state index is -0.508. The van der Waals surface area contributed by atoms with Crippen molar-refractivity contribution in [3.8, 4) is 0 Å². The Balaban J connectivity index is 1.82. The molecule has 0 saturated heterocycles. The molecule has 2 rings (SSSR count). The second-order valence-electron chi connectivity index (χ2n) is 4.42. The van der Waals surface area contributed by atoms with Crippen molar-refractivity contribution in [2.75, 3.05) is 16.4 Å². The van der Waals surface area contributed by atoms with E-state index < -0.39 is 4.92 Å². The highest BCUT2D eigenvalue weighted by Crippen LogP contribution is 2.25. The molecule has 11 heteroatoms. The van der Waals surface area contributed by atoms with Crippen molar-refractivity contribution in [3.05, 3.63) is 34.4 Å². The lowest BCUT2D eigenvalue weighted by molar-refractivity contribution is -0.384. The maximum absolute atomic E-state index is 11.9. The van der Waals surface area contributed by atoms with E-state index in [1.807, 2.05) is 0 Å². The Bertz CT molecular complexity index is 747. The summed E-state index contributed by atoms with van der Waals surface area (Å²) in [6.45, 7) is 1.73. The van der Waals surface area contributed by atoms with E-state index in [9.17, 15) is 19.7 Å². The molecule has 0 unspecified atom stereocenters. The smallest absolute Gasteiger partial charge is 0.269 e. The van der Waals surface area contributed by atoms with Crippen molar-refractivity contribution in [2.45, 2.75) is 17.7 Å². The van der Waals surface area contributed by atoms with Crippen molar-refractivity contribution in [1.82, 2.24) is 10.2 Å². The number of anilines is 2. The van der Waals surface area contributed by atoms with Gasteiger partial charge in [-0.25, -0.2) is 0 Å². The molecule has 2 aromatic rings. The molecule has 0 radical (unpaired) electrons. The molecule has 0 fully saturated rings. The van der Waals surface area contributed by atoms with Crippen molar-refractivity contribution < 1.29 is 14.5 Å². The van der Waals surface area contributed by atoms with E-state index in [1.54, 1.807) is 6.92 Å². The van der Waals surface area contributed by atoms with Crippen molar-refractivity contribution >= 4 is 51.4 Å². The highest BCUT2D eigenvalue weighted by molar-refractivity contribution is 8.01. The molecule has 1 aromatic carbocycles. The Morgan fingerprint density at radius 2 is 1.92 bits per heavy atom. The molecule has 1 aromatic heterocycles. The van der Waals surface area contributed by atoms with Crippen LogP contribution in [0.5, 0.6) is 0 Å². The minimum Gasteiger partial charge on any atom is -0.325 e. The molecule has 0 atom stereocenters. The summed E-state index contributed by atoms with van der Waals surface area (Å²) in [5.74, 6) is -0.324. The maximum Gasteiger partial charge on any atom is 0.269 e. The molecular formula is C13H13N5O4S2. The number of carbonyl (C=O) groups is 2. The SMILES string of the molecule is CCC(=O)Nc1nnc(SCC(=O)Nc2ccc([N+](=O)[O-])cc2)s1. The first-order valence-electron chi connectivity index (χ1n) is 6.78. The summed E-state index contributed by atoms with van der Waals surface area (Å²) in [7, 11) is 0. The maximum atomic E-state index is 11.9. The van der Waals surface area contributed by atoms with Crippen molar-refractivity contribution in [1.29, 1.82) is 0 Å². The van der Waals surface area contributed by atoms with E-state index in [0.717, 1.165) is 0 Å². The van der Waals surface area contributed by atoms with Gasteiger partial charge in [0, 0.05) is 24.2 Å². The summed E-state index contributed by atoms with van der Waals surface area (Å²) in [5.41, 5.74) is 0.428. The van der Waals surface area contributed by atoms with Crippen molar-refractivity contribution in [3.63, 3.8) is 0 Å². The zero-order valence-electron chi connectivity index (χ0n) is 12.5. The number of nitrogens with zero attached hydrogens (tertiary/aromatic N) is 3. The van der Waals surface area contributed by atoms with Gasteiger partial charge in [0.1, 0.15) is 0 Å². The zero-order chi connectivity index (χ0) is 17.5. The van der Waals surface area contributed by atoms with Crippen LogP contribution in [0.3, 0.4) is 0 Å². The van der Waals surface area contributed by atoms with Gasteiger partial charge in [0.05, 0.1) is 10.7 Å². The quantitative estimate of drug-likeness (QED) is 0.333. The van der Waals surface area contributed by atoms with Gasteiger partial charge in [-0.1, -0.05) is 30.0 Å². The topological polar surface area (TPSA) is 127 Å². The number of non-ortho nitro benzene ring substituents is 1. The van der Waals surface area contributed by atoms with Gasteiger partial charge in [-0.05, 0) is 12.1 Å². The van der Waals surface area contributed by atoms with Gasteiger partial charge in [-0.15, -0.1) is 10.2 Å². The molecule has 0 aliphatic rings. The van der Waals surface area contributed by atoms with E-state index in [0.29, 0.717) is 21.6 Å². The number of benzene rings is 1. The second kappa shape index (κ2) is 8.36. The molecule has 1 heterocycles. The molecular weight excluding hydrogens is 354 g/mol. The molecule has 9 nitrogen and oxygen atoms in total. The van der Waals surface area contributed by atoms with Crippen LogP contribution in [0.25, 0.3) is 0 Å². The van der Waals surface area contributed by atoms with Crippen LogP contribution in [0.4, 0.5) is 16.5 Å². The predicted molar refractivity (Wildman–Crippen MR) is 91.3 cm³/mol. The van der Waals surface area contributed by atoms with Crippen LogP contribution < -0.4 is 10.6 Å². The number of nitro benzene ring substituents is 1. The Hall–Kier alpha value is -2.53. The van der Waals surface area contributed by atoms with Gasteiger partial charge in [-0.2, -0.15) is 0 Å². The predicted octanol–water partition coefficient (Wildman–Crippen LogP) is 2.53. The molecule has 0 aliphatic carbocycles. The Kier molecular flexibility index (Phi) is 6.21. The molecule has 0 bridgehead atoms. The van der Waals surface area contributed by atoms with Gasteiger partial charge in [0.15, 0.2) is 4.34 Å². The van der Waals surface area contributed by atoms with Gasteiger partial charge < -0.3 is 10.6 Å². The first kappa shape index (κ1) is 17.8. The van der Waals surface area contributed by atoms with Crippen LogP contribution in [0.2, 0.25) is 0 Å². The molecule has 126 valence electrons. The van der Waals surface area contributed by atoms with Gasteiger partial charge in [-0.3, -0.25) is 19.7 Å². The summed E-state index contributed by atoms with van der Waals surface area (Å²) in [4.78, 5) is 33.1. The number of carbonyl (C=O) groups excluding carboxylic acids is 2. The standard InChI is InChI=1S/C13H13N5O4S2/c1-2-10(19)15-12-16-17-13(24-12)23-7-11(20)14-8-3-5-9(6-4-8)18(21)22/h3-6H,2,7H2,1H3,(H,14,20)(H,15,16,19). The number of nitrogens with one attached hydrogen (secondary N) is 2. The fraction of sp³-hybridized carbons (Fsp3) is 0.231. The number of aromatic nitrogens is 2. The molecule has 2 N–H and O–H groups in total. The number of hydrogen-bond acceptors (Lipinski definition) is 8. The zero-order valence-corrected chi connectivity index (χ0v) is 14.1. The van der Waals surface area contributed by atoms with Crippen LogP contribution in [0.15, 0.2) is 28.6 Å². The van der Waals surface area contributed by atoms with Gasteiger partial charge >= 0.3 is 0 Å². The summed E-state index contributed by atoms with van der Waals surface area (Å²) in [6, 6.07) is 5.56. The molecule has 0 saturated carbocycles. The molecule has 0 spiro atoms. The Morgan fingerprint density at radius 1 is 1.21 bits per heavy atom. The first-order chi connectivity index (χ1) is 11.5. The second-order valence-corrected chi connectivity index (χ2v) is 6.62. The fourth-order valence-corrected chi connectivity index (χ4v) is 3.09. The first-order valence-corrected chi connectivity index (χ1v) is 8.58. The van der Waals surface area contributed by atoms with Crippen LogP contribution in [0.1, 0.15) is 13.3 Å². The monoisotopic (exact) mass is 367 g/mol. The number of thioether (sulfide) groups is 1. The number of nitro groups is 1. The number of rotatable bonds is 7. The number of hydrogen-bond donors (Lipinski definition) is 2. The van der Waals surface area contributed by atoms with Gasteiger partial charge in [0.25, 0.3) is 5.69 Å². The van der Waals surface area contributed by atoms with Gasteiger partial charge in [0.2, 0.25) is 16.9 Å². The van der Waals surface area contributed by atoms with E-state index in [4.69, 9.17) is 0 Å². The normalized spacial score (nSPS) is 10.2.